The van der Waals surface area contributed by atoms with Gasteiger partial charge in [-0.05, 0) is 43.6 Å². The molecule has 2 atom stereocenters. The number of rotatable bonds is 4. The molecule has 2 unspecified atom stereocenters. The Hall–Kier alpha value is -1.14. The second-order valence-corrected chi connectivity index (χ2v) is 8.99. The number of fused-ring (bicyclic) bond motifs is 3. The molecular weight excluding hydrogens is 338 g/mol. The van der Waals surface area contributed by atoms with Gasteiger partial charge in [0, 0.05) is 16.3 Å². The second-order valence-electron chi connectivity index (χ2n) is 6.94. The molecule has 2 aliphatic carbocycles. The average Bonchev–Trinajstić information content (AvgIpc) is 3.16. The smallest absolute Gasteiger partial charge is 0.230 e. The highest BCUT2D eigenvalue weighted by atomic mass is 32.2. The van der Waals surface area contributed by atoms with Crippen LogP contribution in [0.3, 0.4) is 0 Å². The van der Waals surface area contributed by atoms with Gasteiger partial charge in [-0.25, -0.2) is 9.97 Å². The Morgan fingerprint density at radius 3 is 3.04 bits per heavy atom. The molecule has 1 amide bonds. The first kappa shape index (κ1) is 16.3. The first-order valence-corrected chi connectivity index (χ1v) is 10.7. The normalized spacial score (nSPS) is 23.4. The zero-order valence-corrected chi connectivity index (χ0v) is 15.6. The Balaban J connectivity index is 1.44. The average molecular weight is 362 g/mol. The van der Waals surface area contributed by atoms with E-state index in [9.17, 15) is 4.79 Å². The summed E-state index contributed by atoms with van der Waals surface area (Å²) in [5, 5.41) is 5.42. The molecule has 0 aromatic carbocycles. The van der Waals surface area contributed by atoms with Gasteiger partial charge >= 0.3 is 0 Å². The van der Waals surface area contributed by atoms with Gasteiger partial charge in [0.2, 0.25) is 5.91 Å². The number of nitrogens with one attached hydrogen (secondary N) is 1. The predicted molar refractivity (Wildman–Crippen MR) is 99.7 cm³/mol. The van der Waals surface area contributed by atoms with Crippen LogP contribution < -0.4 is 5.32 Å². The lowest BCUT2D eigenvalue weighted by molar-refractivity contribution is -0.119. The predicted octanol–water partition coefficient (Wildman–Crippen LogP) is 3.97. The van der Waals surface area contributed by atoms with Crippen molar-refractivity contribution in [3.63, 3.8) is 0 Å². The van der Waals surface area contributed by atoms with Gasteiger partial charge in [-0.2, -0.15) is 0 Å². The minimum absolute atomic E-state index is 0.136. The first-order valence-electron chi connectivity index (χ1n) is 8.90. The number of thioether (sulfide) groups is 1. The maximum Gasteiger partial charge on any atom is 0.230 e. The summed E-state index contributed by atoms with van der Waals surface area (Å²) < 4.78 is 0. The number of hydrogen-bond acceptors (Lipinski definition) is 5. The highest BCUT2D eigenvalue weighted by Crippen LogP contribution is 2.39. The van der Waals surface area contributed by atoms with Crippen LogP contribution in [0.2, 0.25) is 0 Å². The lowest BCUT2D eigenvalue weighted by Crippen LogP contribution is -2.41. The van der Waals surface area contributed by atoms with E-state index in [0.29, 0.717) is 17.7 Å². The fourth-order valence-corrected chi connectivity index (χ4v) is 6.05. The number of aromatic nitrogens is 2. The van der Waals surface area contributed by atoms with Crippen LogP contribution in [-0.4, -0.2) is 27.7 Å². The number of aryl methyl sites for hydroxylation is 2. The Morgan fingerprint density at radius 2 is 2.17 bits per heavy atom. The highest BCUT2D eigenvalue weighted by Gasteiger charge is 2.24. The minimum Gasteiger partial charge on any atom is -0.352 e. The van der Waals surface area contributed by atoms with E-state index in [2.05, 4.69) is 22.2 Å². The molecule has 1 saturated carbocycles. The number of carbonyl (C=O) groups excluding carboxylic acids is 1. The molecule has 6 heteroatoms. The van der Waals surface area contributed by atoms with Crippen molar-refractivity contribution in [2.75, 3.05) is 5.75 Å². The van der Waals surface area contributed by atoms with Crippen molar-refractivity contribution in [2.45, 2.75) is 62.9 Å². The molecule has 2 heterocycles. The van der Waals surface area contributed by atoms with E-state index < -0.39 is 0 Å². The van der Waals surface area contributed by atoms with E-state index in [4.69, 9.17) is 0 Å². The fraction of sp³-hybridized carbons (Fsp3) is 0.611. The zero-order chi connectivity index (χ0) is 16.5. The summed E-state index contributed by atoms with van der Waals surface area (Å²) >= 11 is 3.36. The van der Waals surface area contributed by atoms with E-state index in [1.807, 2.05) is 0 Å². The zero-order valence-electron chi connectivity index (χ0n) is 14.0. The standard InChI is InChI=1S/C18H23N3OS2/c1-11-5-2-3-7-13(11)21-15(22)9-23-17-16-12-6-4-8-14(12)24-18(16)20-10-19-17/h10-11,13H,2-9H2,1H3,(H,21,22). The van der Waals surface area contributed by atoms with Crippen LogP contribution in [0, 0.1) is 5.92 Å². The quantitative estimate of drug-likeness (QED) is 0.661. The summed E-state index contributed by atoms with van der Waals surface area (Å²) in [5.41, 5.74) is 1.43. The van der Waals surface area contributed by atoms with Crippen molar-refractivity contribution in [3.05, 3.63) is 16.8 Å². The van der Waals surface area contributed by atoms with Crippen molar-refractivity contribution >= 4 is 39.2 Å². The Labute approximate surface area is 150 Å². The molecule has 4 rings (SSSR count). The molecule has 128 valence electrons. The molecule has 2 aromatic heterocycles. The Kier molecular flexibility index (Phi) is 4.77. The van der Waals surface area contributed by atoms with Crippen LogP contribution in [0.4, 0.5) is 0 Å². The number of amides is 1. The van der Waals surface area contributed by atoms with Crippen LogP contribution in [0.5, 0.6) is 0 Å². The lowest BCUT2D eigenvalue weighted by atomic mass is 9.86. The maximum absolute atomic E-state index is 12.4. The molecule has 0 aliphatic heterocycles. The van der Waals surface area contributed by atoms with Gasteiger partial charge in [0.15, 0.2) is 0 Å². The third kappa shape index (κ3) is 3.18. The Bertz CT molecular complexity index is 758. The fourth-order valence-electron chi connectivity index (χ4n) is 3.92. The van der Waals surface area contributed by atoms with Crippen LogP contribution in [-0.2, 0) is 17.6 Å². The van der Waals surface area contributed by atoms with Gasteiger partial charge in [0.05, 0.1) is 5.75 Å². The van der Waals surface area contributed by atoms with Gasteiger partial charge in [0.1, 0.15) is 16.2 Å². The number of nitrogens with zero attached hydrogens (tertiary/aromatic N) is 2. The summed E-state index contributed by atoms with van der Waals surface area (Å²) in [6.07, 6.45) is 10.0. The number of thiophene rings is 1. The molecule has 1 N–H and O–H groups in total. The third-order valence-electron chi connectivity index (χ3n) is 5.26. The molecule has 0 bridgehead atoms. The lowest BCUT2D eigenvalue weighted by Gasteiger charge is -2.29. The molecule has 4 nitrogen and oxygen atoms in total. The molecule has 24 heavy (non-hydrogen) atoms. The largest absolute Gasteiger partial charge is 0.352 e. The third-order valence-corrected chi connectivity index (χ3v) is 7.45. The summed E-state index contributed by atoms with van der Waals surface area (Å²) in [4.78, 5) is 23.8. The molecule has 1 fully saturated rings. The van der Waals surface area contributed by atoms with Gasteiger partial charge < -0.3 is 5.32 Å². The summed E-state index contributed by atoms with van der Waals surface area (Å²) in [6.45, 7) is 2.25. The van der Waals surface area contributed by atoms with Crippen molar-refractivity contribution in [3.8, 4) is 0 Å². The van der Waals surface area contributed by atoms with Crippen LogP contribution in [0.25, 0.3) is 10.2 Å². The van der Waals surface area contributed by atoms with Crippen molar-refractivity contribution in [2.24, 2.45) is 5.92 Å². The van der Waals surface area contributed by atoms with E-state index in [-0.39, 0.29) is 5.91 Å². The summed E-state index contributed by atoms with van der Waals surface area (Å²) in [7, 11) is 0. The van der Waals surface area contributed by atoms with Gasteiger partial charge in [-0.3, -0.25) is 4.79 Å². The van der Waals surface area contributed by atoms with Gasteiger partial charge in [0.25, 0.3) is 0 Å². The van der Waals surface area contributed by atoms with Gasteiger partial charge in [-0.1, -0.05) is 31.5 Å². The van der Waals surface area contributed by atoms with Crippen molar-refractivity contribution in [1.29, 1.82) is 0 Å². The SMILES string of the molecule is CC1CCCCC1NC(=O)CSc1ncnc2sc3c(c12)CCC3. The van der Waals surface area contributed by atoms with E-state index in [0.717, 1.165) is 22.7 Å². The topological polar surface area (TPSA) is 54.9 Å². The summed E-state index contributed by atoms with van der Waals surface area (Å²) in [6, 6.07) is 0.350. The molecule has 0 radical (unpaired) electrons. The highest BCUT2D eigenvalue weighted by molar-refractivity contribution is 8.00. The van der Waals surface area contributed by atoms with Crippen molar-refractivity contribution < 1.29 is 4.79 Å². The molecular formula is C18H23N3OS2. The number of carbonyl (C=O) groups is 1. The van der Waals surface area contributed by atoms with E-state index in [1.165, 1.54) is 47.9 Å². The van der Waals surface area contributed by atoms with Crippen molar-refractivity contribution in [1.82, 2.24) is 15.3 Å². The van der Waals surface area contributed by atoms with Crippen LogP contribution >= 0.6 is 23.1 Å². The molecule has 0 spiro atoms. The monoisotopic (exact) mass is 361 g/mol. The second kappa shape index (κ2) is 7.00. The van der Waals surface area contributed by atoms with Crippen LogP contribution in [0.15, 0.2) is 11.4 Å². The molecule has 2 aromatic rings. The maximum atomic E-state index is 12.4. The first-order chi connectivity index (χ1) is 11.7. The molecule has 2 aliphatic rings. The van der Waals surface area contributed by atoms with E-state index >= 15 is 0 Å². The number of hydrogen-bond donors (Lipinski definition) is 1. The minimum atomic E-state index is 0.136. The van der Waals surface area contributed by atoms with Crippen LogP contribution in [0.1, 0.15) is 49.5 Å². The summed E-state index contributed by atoms with van der Waals surface area (Å²) in [5.74, 6) is 1.18. The Morgan fingerprint density at radius 1 is 1.29 bits per heavy atom. The molecule has 0 saturated heterocycles. The van der Waals surface area contributed by atoms with Gasteiger partial charge in [-0.15, -0.1) is 11.3 Å². The van der Waals surface area contributed by atoms with E-state index in [1.54, 1.807) is 29.4 Å².